The number of nitrogen functional groups attached to an aromatic ring is 1. The first kappa shape index (κ1) is 24.8. The van der Waals surface area contributed by atoms with Crippen LogP contribution in [0.5, 0.6) is 0 Å². The molecule has 3 atom stereocenters. The first-order valence-corrected chi connectivity index (χ1v) is 10.9. The van der Waals surface area contributed by atoms with Crippen LogP contribution in [-0.2, 0) is 13.8 Å². The van der Waals surface area contributed by atoms with Crippen molar-refractivity contribution in [2.24, 2.45) is 0 Å². The Labute approximate surface area is 168 Å². The molecule has 0 amide bonds. The summed E-state index contributed by atoms with van der Waals surface area (Å²) < 4.78 is 28.1. The van der Waals surface area contributed by atoms with Gasteiger partial charge in [0.05, 0.1) is 12.7 Å². The van der Waals surface area contributed by atoms with Crippen LogP contribution in [0.25, 0.3) is 0 Å². The zero-order valence-electron chi connectivity index (χ0n) is 17.0. The molecular formula is C18H36N5O4P. The molecule has 162 valence electrons. The summed E-state index contributed by atoms with van der Waals surface area (Å²) in [6, 6.07) is 1.84. The largest absolute Gasteiger partial charge is 0.383 e. The van der Waals surface area contributed by atoms with Gasteiger partial charge in [-0.1, -0.05) is 21.3 Å². The zero-order valence-corrected chi connectivity index (χ0v) is 17.9. The lowest BCUT2D eigenvalue weighted by Crippen LogP contribution is -2.51. The molecule has 1 unspecified atom stereocenters. The van der Waals surface area contributed by atoms with E-state index in [-0.39, 0.29) is 37.7 Å². The van der Waals surface area contributed by atoms with Crippen LogP contribution in [0.15, 0.2) is 17.1 Å². The van der Waals surface area contributed by atoms with Crippen molar-refractivity contribution in [3.05, 3.63) is 22.7 Å². The van der Waals surface area contributed by atoms with E-state index in [1.165, 1.54) is 4.57 Å². The molecule has 0 spiro atoms. The highest BCUT2D eigenvalue weighted by Gasteiger charge is 2.35. The van der Waals surface area contributed by atoms with Gasteiger partial charge < -0.3 is 15.0 Å². The molecule has 1 fully saturated rings. The van der Waals surface area contributed by atoms with E-state index in [0.717, 1.165) is 0 Å². The molecule has 0 aromatic carbocycles. The van der Waals surface area contributed by atoms with Crippen LogP contribution in [0.3, 0.4) is 0 Å². The van der Waals surface area contributed by atoms with E-state index in [1.54, 1.807) is 31.0 Å². The van der Waals surface area contributed by atoms with Gasteiger partial charge in [-0.05, 0) is 34.0 Å². The molecule has 0 aliphatic carbocycles. The molecule has 10 heteroatoms. The molecule has 1 aromatic rings. The molecule has 2 N–H and O–H groups in total. The summed E-state index contributed by atoms with van der Waals surface area (Å²) in [4.78, 5) is 18.2. The lowest BCUT2D eigenvalue weighted by molar-refractivity contribution is -0.139. The molecule has 1 aliphatic heterocycles. The molecule has 2 rings (SSSR count). The minimum Gasteiger partial charge on any atom is -0.383 e. The van der Waals surface area contributed by atoms with Gasteiger partial charge in [0.1, 0.15) is 5.82 Å². The summed E-state index contributed by atoms with van der Waals surface area (Å²) in [6.07, 6.45) is 0.770. The maximum Gasteiger partial charge on any atom is 0.351 e. The number of ether oxygens (including phenoxy) is 1. The fourth-order valence-corrected chi connectivity index (χ4v) is 4.91. The average Bonchev–Trinajstić information content (AvgIpc) is 2.58. The molecule has 1 aliphatic rings. The van der Waals surface area contributed by atoms with Crippen molar-refractivity contribution < 1.29 is 13.8 Å². The summed E-state index contributed by atoms with van der Waals surface area (Å²) in [7, 11) is 0.567. The van der Waals surface area contributed by atoms with E-state index in [2.05, 4.69) is 23.7 Å². The Hall–Kier alpha value is -1.25. The van der Waals surface area contributed by atoms with Gasteiger partial charge in [0.25, 0.3) is 7.52 Å². The molecule has 0 radical (unpaired) electrons. The molecular weight excluding hydrogens is 381 g/mol. The fraction of sp³-hybridized carbons (Fsp3) is 0.778. The summed E-state index contributed by atoms with van der Waals surface area (Å²) in [5, 5.41) is 0. The van der Waals surface area contributed by atoms with Crippen LogP contribution in [0, 0.1) is 0 Å². The van der Waals surface area contributed by atoms with Crippen LogP contribution in [-0.4, -0.2) is 70.7 Å². The van der Waals surface area contributed by atoms with Crippen molar-refractivity contribution in [3.63, 3.8) is 0 Å². The van der Waals surface area contributed by atoms with Crippen molar-refractivity contribution in [2.75, 3.05) is 39.5 Å². The maximum atomic E-state index is 13.1. The van der Waals surface area contributed by atoms with Crippen molar-refractivity contribution in [3.8, 4) is 0 Å². The number of hydrogen-bond donors (Lipinski definition) is 1. The Morgan fingerprint density at radius 3 is 2.50 bits per heavy atom. The Morgan fingerprint density at radius 1 is 1.36 bits per heavy atom. The Balaban J connectivity index is 0.00000392. The van der Waals surface area contributed by atoms with Gasteiger partial charge >= 0.3 is 5.69 Å². The maximum absolute atomic E-state index is 13.1. The fourth-order valence-electron chi connectivity index (χ4n) is 3.07. The van der Waals surface area contributed by atoms with E-state index < -0.39 is 19.4 Å². The third-order valence-corrected chi connectivity index (χ3v) is 7.67. The standard InChI is InChI=1S/C17H32N5O4P.CH4/c1-12(2)21-9-14(11-25-27(24,13(3)4)20(5)6)26-16(10-21)22-8-7-15(18)19-17(22)23;/h7-8,12-14,16H,9-11H2,1-6H3,(H2,18,19,23);1H4/t14-,16+,27?;/m0./s1. The average molecular weight is 417 g/mol. The number of nitrogens with zero attached hydrogens (tertiary/aromatic N) is 4. The summed E-state index contributed by atoms with van der Waals surface area (Å²) in [6.45, 7) is 9.31. The van der Waals surface area contributed by atoms with E-state index in [0.29, 0.717) is 13.1 Å². The Kier molecular flexibility index (Phi) is 8.84. The number of rotatable bonds is 7. The van der Waals surface area contributed by atoms with Crippen LogP contribution in [0.1, 0.15) is 41.3 Å². The number of anilines is 1. The molecule has 1 aromatic heterocycles. The summed E-state index contributed by atoms with van der Waals surface area (Å²) >= 11 is 0. The van der Waals surface area contributed by atoms with E-state index in [1.807, 2.05) is 13.8 Å². The van der Waals surface area contributed by atoms with Crippen LogP contribution in [0.4, 0.5) is 5.82 Å². The number of nitrogens with two attached hydrogens (primary N) is 1. The highest BCUT2D eigenvalue weighted by atomic mass is 31.2. The third kappa shape index (κ3) is 5.64. The zero-order chi connectivity index (χ0) is 20.4. The lowest BCUT2D eigenvalue weighted by Gasteiger charge is -2.41. The van der Waals surface area contributed by atoms with Crippen LogP contribution < -0.4 is 11.4 Å². The lowest BCUT2D eigenvalue weighted by atomic mass is 10.2. The van der Waals surface area contributed by atoms with Crippen molar-refractivity contribution in [1.82, 2.24) is 19.1 Å². The first-order chi connectivity index (χ1) is 12.5. The molecule has 9 nitrogen and oxygen atoms in total. The van der Waals surface area contributed by atoms with Crippen molar-refractivity contribution in [1.29, 1.82) is 0 Å². The Morgan fingerprint density at radius 2 is 2.00 bits per heavy atom. The second kappa shape index (κ2) is 9.98. The van der Waals surface area contributed by atoms with E-state index in [4.69, 9.17) is 15.0 Å². The topological polar surface area (TPSA) is 103 Å². The van der Waals surface area contributed by atoms with Crippen molar-refractivity contribution >= 4 is 13.3 Å². The van der Waals surface area contributed by atoms with E-state index in [9.17, 15) is 9.36 Å². The molecule has 0 saturated carbocycles. The van der Waals surface area contributed by atoms with Gasteiger partial charge in [-0.15, -0.1) is 0 Å². The predicted molar refractivity (Wildman–Crippen MR) is 113 cm³/mol. The van der Waals surface area contributed by atoms with E-state index >= 15 is 0 Å². The monoisotopic (exact) mass is 417 g/mol. The highest BCUT2D eigenvalue weighted by molar-refractivity contribution is 7.57. The van der Waals surface area contributed by atoms with Gasteiger partial charge in [0.2, 0.25) is 0 Å². The van der Waals surface area contributed by atoms with Crippen LogP contribution in [0.2, 0.25) is 0 Å². The van der Waals surface area contributed by atoms with Gasteiger partial charge in [0.15, 0.2) is 6.23 Å². The smallest absolute Gasteiger partial charge is 0.351 e. The number of hydrogen-bond acceptors (Lipinski definition) is 7. The second-order valence-corrected chi connectivity index (χ2v) is 10.8. The predicted octanol–water partition coefficient (Wildman–Crippen LogP) is 2.25. The SMILES string of the molecule is C.CC(C)N1C[C@@H](COP(=O)(C(C)C)N(C)C)O[C@@H](n2ccc(N)nc2=O)C1. The number of morpholine rings is 1. The summed E-state index contributed by atoms with van der Waals surface area (Å²) in [5.74, 6) is 0.177. The Bertz CT molecular complexity index is 725. The number of aromatic nitrogens is 2. The van der Waals surface area contributed by atoms with Gasteiger partial charge in [-0.2, -0.15) is 4.98 Å². The van der Waals surface area contributed by atoms with Gasteiger partial charge in [-0.25, -0.2) is 9.46 Å². The van der Waals surface area contributed by atoms with Crippen molar-refractivity contribution in [2.45, 2.75) is 59.2 Å². The highest BCUT2D eigenvalue weighted by Crippen LogP contribution is 2.53. The van der Waals surface area contributed by atoms with Gasteiger partial charge in [0, 0.05) is 31.0 Å². The molecule has 28 heavy (non-hydrogen) atoms. The third-order valence-electron chi connectivity index (χ3n) is 4.73. The second-order valence-electron chi connectivity index (χ2n) is 7.60. The minimum atomic E-state index is -2.94. The minimum absolute atomic E-state index is 0. The normalized spacial score (nSPS) is 23.0. The van der Waals surface area contributed by atoms with Crippen LogP contribution >= 0.6 is 7.52 Å². The quantitative estimate of drug-likeness (QED) is 0.674. The first-order valence-electron chi connectivity index (χ1n) is 9.20. The van der Waals surface area contributed by atoms with Gasteiger partial charge in [-0.3, -0.25) is 14.0 Å². The molecule has 1 saturated heterocycles. The molecule has 0 bridgehead atoms. The summed E-state index contributed by atoms with van der Waals surface area (Å²) in [5.41, 5.74) is 5.00. The molecule has 2 heterocycles.